The van der Waals surface area contributed by atoms with Gasteiger partial charge in [0, 0.05) is 27.6 Å². The average molecular weight is 340 g/mol. The number of rotatable bonds is 0. The Kier molecular flexibility index (Phi) is 5.75. The maximum Gasteiger partial charge on any atom is 0.0349 e. The van der Waals surface area contributed by atoms with Crippen LogP contribution < -0.4 is 0 Å². The largest absolute Gasteiger partial charge is 0.365 e. The SMILES string of the molecule is CC(C)(C)C1=C(C(C)(C)C)N(C(C)(C)C)C(C(C)(C)C)CCS1. The highest BCUT2D eigenvalue weighted by molar-refractivity contribution is 8.03. The molecular weight excluding hydrogens is 298 g/mol. The highest BCUT2D eigenvalue weighted by atomic mass is 32.2. The Morgan fingerprint density at radius 3 is 1.57 bits per heavy atom. The van der Waals surface area contributed by atoms with E-state index in [1.165, 1.54) is 12.2 Å². The van der Waals surface area contributed by atoms with E-state index >= 15 is 0 Å². The summed E-state index contributed by atoms with van der Waals surface area (Å²) < 4.78 is 0. The minimum absolute atomic E-state index is 0.127. The zero-order chi connectivity index (χ0) is 18.4. The van der Waals surface area contributed by atoms with E-state index in [2.05, 4.69) is 99.7 Å². The van der Waals surface area contributed by atoms with Crippen molar-refractivity contribution in [3.05, 3.63) is 10.6 Å². The second-order valence-electron chi connectivity index (χ2n) is 11.2. The van der Waals surface area contributed by atoms with Crippen molar-refractivity contribution in [3.8, 4) is 0 Å². The summed E-state index contributed by atoms with van der Waals surface area (Å²) in [4.78, 5) is 4.37. The Hall–Kier alpha value is -0.110. The molecule has 0 spiro atoms. The second kappa shape index (κ2) is 6.32. The van der Waals surface area contributed by atoms with Crippen LogP contribution in [0, 0.1) is 16.2 Å². The monoisotopic (exact) mass is 339 g/mol. The van der Waals surface area contributed by atoms with Gasteiger partial charge in [-0.25, -0.2) is 0 Å². The van der Waals surface area contributed by atoms with Crippen LogP contribution in [0.15, 0.2) is 10.6 Å². The molecule has 1 unspecified atom stereocenters. The predicted octanol–water partition coefficient (Wildman–Crippen LogP) is 6.94. The van der Waals surface area contributed by atoms with Crippen molar-refractivity contribution < 1.29 is 0 Å². The van der Waals surface area contributed by atoms with Crippen molar-refractivity contribution in [2.24, 2.45) is 16.2 Å². The van der Waals surface area contributed by atoms with Gasteiger partial charge >= 0.3 is 0 Å². The Bertz CT molecular complexity index is 446. The molecule has 0 aliphatic carbocycles. The highest BCUT2D eigenvalue weighted by Crippen LogP contribution is 2.51. The summed E-state index contributed by atoms with van der Waals surface area (Å²) in [5.74, 6) is 1.22. The van der Waals surface area contributed by atoms with E-state index in [9.17, 15) is 0 Å². The van der Waals surface area contributed by atoms with Gasteiger partial charge in [-0.1, -0.05) is 62.3 Å². The van der Waals surface area contributed by atoms with Crippen molar-refractivity contribution in [1.29, 1.82) is 0 Å². The Labute approximate surface area is 150 Å². The summed E-state index contributed by atoms with van der Waals surface area (Å²) in [6.45, 7) is 28.7. The van der Waals surface area contributed by atoms with Crippen molar-refractivity contribution in [1.82, 2.24) is 4.90 Å². The normalized spacial score (nSPS) is 22.4. The van der Waals surface area contributed by atoms with Crippen LogP contribution in [0.1, 0.15) is 89.5 Å². The molecule has 23 heavy (non-hydrogen) atoms. The number of nitrogens with zero attached hydrogens (tertiary/aromatic N) is 1. The van der Waals surface area contributed by atoms with Crippen LogP contribution in [-0.2, 0) is 0 Å². The minimum Gasteiger partial charge on any atom is -0.365 e. The fraction of sp³-hybridized carbons (Fsp3) is 0.905. The lowest BCUT2D eigenvalue weighted by molar-refractivity contribution is 0.0337. The third-order valence-corrected chi connectivity index (χ3v) is 6.05. The second-order valence-corrected chi connectivity index (χ2v) is 12.3. The lowest BCUT2D eigenvalue weighted by Crippen LogP contribution is -2.54. The molecule has 0 aromatic heterocycles. The molecule has 1 atom stereocenters. The van der Waals surface area contributed by atoms with E-state index in [1.54, 1.807) is 10.6 Å². The first-order valence-electron chi connectivity index (χ1n) is 9.15. The molecule has 1 nitrogen and oxygen atoms in total. The van der Waals surface area contributed by atoms with Gasteiger partial charge in [0.25, 0.3) is 0 Å². The average Bonchev–Trinajstić information content (AvgIpc) is 2.44. The Morgan fingerprint density at radius 2 is 1.26 bits per heavy atom. The van der Waals surface area contributed by atoms with Gasteiger partial charge in [-0.3, -0.25) is 0 Å². The summed E-state index contributed by atoms with van der Waals surface area (Å²) >= 11 is 2.10. The van der Waals surface area contributed by atoms with Crippen LogP contribution in [0.25, 0.3) is 0 Å². The first-order chi connectivity index (χ1) is 9.97. The van der Waals surface area contributed by atoms with E-state index < -0.39 is 0 Å². The summed E-state index contributed by atoms with van der Waals surface area (Å²) in [6, 6.07) is 0.573. The summed E-state index contributed by atoms with van der Waals surface area (Å²) in [5, 5.41) is 0. The molecular formula is C21H41NS. The molecule has 0 saturated heterocycles. The fourth-order valence-electron chi connectivity index (χ4n) is 3.63. The molecule has 0 bridgehead atoms. The lowest BCUT2D eigenvalue weighted by Gasteiger charge is -2.53. The molecule has 136 valence electrons. The smallest absolute Gasteiger partial charge is 0.0349 e. The molecule has 1 rings (SSSR count). The predicted molar refractivity (Wildman–Crippen MR) is 108 cm³/mol. The maximum atomic E-state index is 2.79. The van der Waals surface area contributed by atoms with Gasteiger partial charge in [0.05, 0.1) is 0 Å². The minimum atomic E-state index is 0.127. The number of allylic oxidation sites excluding steroid dienone is 2. The topological polar surface area (TPSA) is 3.24 Å². The van der Waals surface area contributed by atoms with E-state index in [0.717, 1.165) is 0 Å². The third kappa shape index (κ3) is 4.94. The van der Waals surface area contributed by atoms with Gasteiger partial charge < -0.3 is 4.90 Å². The molecule has 0 aromatic rings. The first kappa shape index (κ1) is 20.9. The number of thioether (sulfide) groups is 1. The van der Waals surface area contributed by atoms with Crippen LogP contribution in [0.2, 0.25) is 0 Å². The zero-order valence-electron chi connectivity index (χ0n) is 17.8. The zero-order valence-corrected chi connectivity index (χ0v) is 18.7. The van der Waals surface area contributed by atoms with Crippen LogP contribution in [-0.4, -0.2) is 22.2 Å². The third-order valence-electron chi connectivity index (χ3n) is 4.52. The Morgan fingerprint density at radius 1 is 0.783 bits per heavy atom. The molecule has 0 saturated carbocycles. The van der Waals surface area contributed by atoms with Crippen molar-refractivity contribution >= 4 is 11.8 Å². The Balaban J connectivity index is 3.73. The van der Waals surface area contributed by atoms with E-state index in [-0.39, 0.29) is 21.8 Å². The first-order valence-corrected chi connectivity index (χ1v) is 10.1. The lowest BCUT2D eigenvalue weighted by atomic mass is 9.77. The maximum absolute atomic E-state index is 2.79. The molecule has 0 N–H and O–H groups in total. The van der Waals surface area contributed by atoms with E-state index in [1.807, 2.05) is 0 Å². The molecule has 0 radical (unpaired) electrons. The number of hydrogen-bond donors (Lipinski definition) is 0. The van der Waals surface area contributed by atoms with Crippen LogP contribution in [0.4, 0.5) is 0 Å². The fourth-order valence-corrected chi connectivity index (χ4v) is 5.15. The van der Waals surface area contributed by atoms with Crippen molar-refractivity contribution in [2.75, 3.05) is 5.75 Å². The molecule has 1 aliphatic rings. The van der Waals surface area contributed by atoms with E-state index in [4.69, 9.17) is 0 Å². The van der Waals surface area contributed by atoms with Crippen molar-refractivity contribution in [3.63, 3.8) is 0 Å². The summed E-state index contributed by atoms with van der Waals surface area (Å²) in [6.07, 6.45) is 1.25. The quantitative estimate of drug-likeness (QED) is 0.470. The molecule has 1 heterocycles. The van der Waals surface area contributed by atoms with Gasteiger partial charge in [-0.05, 0) is 43.8 Å². The summed E-state index contributed by atoms with van der Waals surface area (Å²) in [7, 11) is 0. The van der Waals surface area contributed by atoms with Crippen LogP contribution in [0.3, 0.4) is 0 Å². The van der Waals surface area contributed by atoms with Gasteiger partial charge in [0.15, 0.2) is 0 Å². The highest BCUT2D eigenvalue weighted by Gasteiger charge is 2.44. The van der Waals surface area contributed by atoms with Gasteiger partial charge in [0.1, 0.15) is 0 Å². The standard InChI is InChI=1S/C21H41NS/c1-18(2,3)15-13-14-23-17(20(7,8)9)16(19(4,5)6)22(15)21(10,11)12/h15H,13-14H2,1-12H3. The van der Waals surface area contributed by atoms with Gasteiger partial charge in [-0.2, -0.15) is 0 Å². The molecule has 0 fully saturated rings. The molecule has 0 amide bonds. The molecule has 2 heteroatoms. The summed E-state index contributed by atoms with van der Waals surface area (Å²) in [5.41, 5.74) is 2.32. The van der Waals surface area contributed by atoms with Crippen molar-refractivity contribution in [2.45, 2.75) is 101 Å². The van der Waals surface area contributed by atoms with Crippen LogP contribution in [0.5, 0.6) is 0 Å². The molecule has 0 aromatic carbocycles. The van der Waals surface area contributed by atoms with Gasteiger partial charge in [-0.15, -0.1) is 11.8 Å². The number of hydrogen-bond acceptors (Lipinski definition) is 2. The van der Waals surface area contributed by atoms with E-state index in [0.29, 0.717) is 6.04 Å². The van der Waals surface area contributed by atoms with Gasteiger partial charge in [0.2, 0.25) is 0 Å². The van der Waals surface area contributed by atoms with Crippen LogP contribution >= 0.6 is 11.8 Å². The molecule has 1 aliphatic heterocycles.